The molecule has 0 aliphatic carbocycles. The highest BCUT2D eigenvalue weighted by Gasteiger charge is 2.22. The van der Waals surface area contributed by atoms with Gasteiger partial charge in [-0.25, -0.2) is 14.8 Å². The number of anilines is 1. The van der Waals surface area contributed by atoms with Gasteiger partial charge in [-0.2, -0.15) is 0 Å². The van der Waals surface area contributed by atoms with E-state index in [1.165, 1.54) is 12.5 Å². The first-order valence-corrected chi connectivity index (χ1v) is 6.58. The molecule has 1 aliphatic heterocycles. The average molecular weight is 278 g/mol. The smallest absolute Gasteiger partial charge is 0.344 e. The maximum absolute atomic E-state index is 12.0. The summed E-state index contributed by atoms with van der Waals surface area (Å²) < 4.78 is 4.97. The third-order valence-corrected chi connectivity index (χ3v) is 3.30. The number of nitrogen functional groups attached to an aromatic ring is 1. The quantitative estimate of drug-likeness (QED) is 0.807. The molecule has 0 aromatic carbocycles. The number of hydrogen-bond acceptors (Lipinski definition) is 6. The van der Waals surface area contributed by atoms with Crippen LogP contribution in [0.5, 0.6) is 0 Å². The van der Waals surface area contributed by atoms with Crippen molar-refractivity contribution in [1.29, 1.82) is 0 Å². The number of hydrogen-bond donors (Lipinski definition) is 1. The van der Waals surface area contributed by atoms with E-state index >= 15 is 0 Å². The van der Waals surface area contributed by atoms with Gasteiger partial charge in [0.15, 0.2) is 6.61 Å². The van der Waals surface area contributed by atoms with Gasteiger partial charge in [-0.1, -0.05) is 6.92 Å². The number of aromatic nitrogens is 2. The van der Waals surface area contributed by atoms with E-state index in [0.29, 0.717) is 12.5 Å². The summed E-state index contributed by atoms with van der Waals surface area (Å²) in [6.45, 7) is 3.26. The second kappa shape index (κ2) is 6.31. The molecule has 1 aromatic rings. The van der Waals surface area contributed by atoms with Crippen LogP contribution in [0.1, 0.15) is 30.1 Å². The summed E-state index contributed by atoms with van der Waals surface area (Å²) in [5.74, 6) is -0.326. The summed E-state index contributed by atoms with van der Waals surface area (Å²) in [5.41, 5.74) is 5.62. The van der Waals surface area contributed by atoms with Crippen molar-refractivity contribution in [3.8, 4) is 0 Å². The maximum atomic E-state index is 12.0. The second-order valence-corrected chi connectivity index (χ2v) is 4.98. The minimum absolute atomic E-state index is 0.0454. The molecule has 7 heteroatoms. The third-order valence-electron chi connectivity index (χ3n) is 3.30. The number of nitrogens with two attached hydrogens (primary N) is 1. The number of amides is 1. The van der Waals surface area contributed by atoms with Crippen LogP contribution in [0.3, 0.4) is 0 Å². The number of carbonyl (C=O) groups excluding carboxylic acids is 2. The summed E-state index contributed by atoms with van der Waals surface area (Å²) in [6.07, 6.45) is 4.63. The van der Waals surface area contributed by atoms with Gasteiger partial charge in [0.25, 0.3) is 5.91 Å². The molecule has 0 bridgehead atoms. The molecule has 2 heterocycles. The van der Waals surface area contributed by atoms with Crippen LogP contribution in [0.25, 0.3) is 0 Å². The first-order chi connectivity index (χ1) is 9.58. The highest BCUT2D eigenvalue weighted by atomic mass is 16.5. The van der Waals surface area contributed by atoms with Crippen LogP contribution < -0.4 is 5.73 Å². The summed E-state index contributed by atoms with van der Waals surface area (Å²) in [5, 5.41) is 0. The molecule has 2 N–H and O–H groups in total. The van der Waals surface area contributed by atoms with Crippen LogP contribution in [0.4, 0.5) is 5.82 Å². The lowest BCUT2D eigenvalue weighted by Gasteiger charge is -2.30. The zero-order chi connectivity index (χ0) is 14.5. The molecule has 1 aromatic heterocycles. The van der Waals surface area contributed by atoms with Gasteiger partial charge in [0.2, 0.25) is 0 Å². The van der Waals surface area contributed by atoms with Crippen molar-refractivity contribution >= 4 is 17.7 Å². The van der Waals surface area contributed by atoms with Crippen molar-refractivity contribution in [2.45, 2.75) is 19.8 Å². The highest BCUT2D eigenvalue weighted by Crippen LogP contribution is 2.15. The Morgan fingerprint density at radius 2 is 2.35 bits per heavy atom. The first kappa shape index (κ1) is 14.2. The van der Waals surface area contributed by atoms with Crippen molar-refractivity contribution < 1.29 is 14.3 Å². The minimum Gasteiger partial charge on any atom is -0.452 e. The molecule has 1 amide bonds. The van der Waals surface area contributed by atoms with Crippen LogP contribution in [-0.4, -0.2) is 46.4 Å². The Kier molecular flexibility index (Phi) is 4.49. The summed E-state index contributed by atoms with van der Waals surface area (Å²) in [7, 11) is 0. The van der Waals surface area contributed by atoms with Gasteiger partial charge in [0, 0.05) is 19.3 Å². The van der Waals surface area contributed by atoms with Crippen molar-refractivity contribution in [2.75, 3.05) is 25.4 Å². The molecular weight excluding hydrogens is 260 g/mol. The van der Waals surface area contributed by atoms with Crippen LogP contribution in [0.15, 0.2) is 12.5 Å². The molecule has 20 heavy (non-hydrogen) atoms. The van der Waals surface area contributed by atoms with Crippen molar-refractivity contribution in [3.05, 3.63) is 18.1 Å². The predicted octanol–water partition coefficient (Wildman–Crippen LogP) is 0.474. The SMILES string of the molecule is CC1CCCN(C(=O)COC(=O)c2cncnc2N)C1. The number of esters is 1. The fraction of sp³-hybridized carbons (Fsp3) is 0.538. The number of rotatable bonds is 3. The van der Waals surface area contributed by atoms with E-state index in [2.05, 4.69) is 16.9 Å². The van der Waals surface area contributed by atoms with Gasteiger partial charge in [0.1, 0.15) is 17.7 Å². The Balaban J connectivity index is 1.87. The Morgan fingerprint density at radius 3 is 3.05 bits per heavy atom. The third kappa shape index (κ3) is 3.43. The molecule has 0 radical (unpaired) electrons. The second-order valence-electron chi connectivity index (χ2n) is 4.98. The van der Waals surface area contributed by atoms with Gasteiger partial charge in [0.05, 0.1) is 0 Å². The fourth-order valence-corrected chi connectivity index (χ4v) is 2.21. The maximum Gasteiger partial charge on any atom is 0.344 e. The number of likely N-dealkylation sites (tertiary alicyclic amines) is 1. The molecule has 1 atom stereocenters. The Morgan fingerprint density at radius 1 is 1.55 bits per heavy atom. The molecule has 0 spiro atoms. The van der Waals surface area contributed by atoms with Crippen molar-refractivity contribution in [1.82, 2.24) is 14.9 Å². The predicted molar refractivity (Wildman–Crippen MR) is 71.7 cm³/mol. The highest BCUT2D eigenvalue weighted by molar-refractivity contribution is 5.94. The van der Waals surface area contributed by atoms with E-state index in [-0.39, 0.29) is 23.9 Å². The van der Waals surface area contributed by atoms with E-state index in [4.69, 9.17) is 10.5 Å². The van der Waals surface area contributed by atoms with Gasteiger partial charge in [-0.3, -0.25) is 4.79 Å². The molecule has 1 aliphatic rings. The zero-order valence-corrected chi connectivity index (χ0v) is 11.4. The van der Waals surface area contributed by atoms with Gasteiger partial charge >= 0.3 is 5.97 Å². The molecule has 108 valence electrons. The monoisotopic (exact) mass is 278 g/mol. The molecular formula is C13H18N4O3. The molecule has 2 rings (SSSR count). The van der Waals surface area contributed by atoms with E-state index in [1.807, 2.05) is 0 Å². The average Bonchev–Trinajstić information content (AvgIpc) is 2.45. The largest absolute Gasteiger partial charge is 0.452 e. The Labute approximate surface area is 117 Å². The lowest BCUT2D eigenvalue weighted by molar-refractivity contribution is -0.136. The van der Waals surface area contributed by atoms with E-state index < -0.39 is 5.97 Å². The lowest BCUT2D eigenvalue weighted by Crippen LogP contribution is -2.41. The summed E-state index contributed by atoms with van der Waals surface area (Å²) in [4.78, 5) is 32.8. The minimum atomic E-state index is -0.679. The van der Waals surface area contributed by atoms with Crippen LogP contribution in [0.2, 0.25) is 0 Å². The number of ether oxygens (including phenoxy) is 1. The molecule has 1 fully saturated rings. The van der Waals surface area contributed by atoms with Crippen LogP contribution >= 0.6 is 0 Å². The van der Waals surface area contributed by atoms with Gasteiger partial charge in [-0.05, 0) is 18.8 Å². The van der Waals surface area contributed by atoms with E-state index in [9.17, 15) is 9.59 Å². The normalized spacial score (nSPS) is 18.6. The summed E-state index contributed by atoms with van der Waals surface area (Å²) in [6, 6.07) is 0. The topological polar surface area (TPSA) is 98.4 Å². The number of carbonyl (C=O) groups is 2. The standard InChI is InChI=1S/C13H18N4O3/c1-9-3-2-4-17(6-9)11(18)7-20-13(19)10-5-15-8-16-12(10)14/h5,8-9H,2-4,6-7H2,1H3,(H2,14,15,16). The van der Waals surface area contributed by atoms with Gasteiger partial charge < -0.3 is 15.4 Å². The van der Waals surface area contributed by atoms with Crippen molar-refractivity contribution in [2.24, 2.45) is 5.92 Å². The number of piperidine rings is 1. The molecule has 0 saturated carbocycles. The molecule has 1 saturated heterocycles. The van der Waals surface area contributed by atoms with E-state index in [1.54, 1.807) is 4.90 Å². The van der Waals surface area contributed by atoms with Crippen LogP contribution in [0, 0.1) is 5.92 Å². The lowest BCUT2D eigenvalue weighted by atomic mass is 10.0. The van der Waals surface area contributed by atoms with Gasteiger partial charge in [-0.15, -0.1) is 0 Å². The molecule has 7 nitrogen and oxygen atoms in total. The first-order valence-electron chi connectivity index (χ1n) is 6.58. The molecule has 1 unspecified atom stereocenters. The Bertz CT molecular complexity index is 506. The fourth-order valence-electron chi connectivity index (χ4n) is 2.21. The Hall–Kier alpha value is -2.18. The van der Waals surface area contributed by atoms with Crippen molar-refractivity contribution in [3.63, 3.8) is 0 Å². The number of nitrogens with zero attached hydrogens (tertiary/aromatic N) is 3. The summed E-state index contributed by atoms with van der Waals surface area (Å²) >= 11 is 0. The van der Waals surface area contributed by atoms with E-state index in [0.717, 1.165) is 19.4 Å². The van der Waals surface area contributed by atoms with Crippen LogP contribution in [-0.2, 0) is 9.53 Å². The zero-order valence-electron chi connectivity index (χ0n) is 11.4.